The van der Waals surface area contributed by atoms with Gasteiger partial charge in [-0.25, -0.2) is 0 Å². The summed E-state index contributed by atoms with van der Waals surface area (Å²) in [5.41, 5.74) is 17.6. The monoisotopic (exact) mass is 809 g/mol. The lowest BCUT2D eigenvalue weighted by Crippen LogP contribution is -2.22. The van der Waals surface area contributed by atoms with Gasteiger partial charge in [-0.15, -0.1) is 0 Å². The smallest absolute Gasteiger partial charge is 0.136 e. The van der Waals surface area contributed by atoms with E-state index in [2.05, 4.69) is 232 Å². The Bertz CT molecular complexity index is 3360. The fourth-order valence-corrected chi connectivity index (χ4v) is 9.91. The standard InChI is InChI=1S/C61H47NO/c1-4-5-22-49(35-41-25-34-59-55(36-41)56-38-45-20-12-13-21-46(45)39-60(56)63-59)62(50-31-33-53-52-23-14-15-24-57(52)61(2,3)58(53)40-50)48-29-26-42(27-30-48)47-28-32-51(43-16-8-6-9-17-43)54(37-47)44-18-10-7-11-19-44/h4-26,28-40,42H,1,27H2,2-3H3/b22-5-,49-35-. The van der Waals surface area contributed by atoms with E-state index in [9.17, 15) is 0 Å². The molecule has 0 aliphatic heterocycles. The van der Waals surface area contributed by atoms with Crippen molar-refractivity contribution in [1.29, 1.82) is 0 Å². The number of furan rings is 1. The molecule has 0 N–H and O–H groups in total. The number of anilines is 1. The Morgan fingerprint density at radius 3 is 2.06 bits per heavy atom. The van der Waals surface area contributed by atoms with E-state index in [1.54, 1.807) is 0 Å². The lowest BCUT2D eigenvalue weighted by atomic mass is 9.82. The van der Waals surface area contributed by atoms with Crippen molar-refractivity contribution >= 4 is 44.5 Å². The highest BCUT2D eigenvalue weighted by Crippen LogP contribution is 2.50. The number of benzene rings is 8. The van der Waals surface area contributed by atoms with Crippen LogP contribution in [-0.4, -0.2) is 0 Å². The lowest BCUT2D eigenvalue weighted by Gasteiger charge is -2.31. The van der Waals surface area contributed by atoms with E-state index < -0.39 is 0 Å². The quantitative estimate of drug-likeness (QED) is 0.135. The molecule has 8 aromatic carbocycles. The normalized spacial score (nSPS) is 15.5. The summed E-state index contributed by atoms with van der Waals surface area (Å²) in [5, 5.41) is 4.60. The average molecular weight is 810 g/mol. The van der Waals surface area contributed by atoms with Crippen LogP contribution in [-0.2, 0) is 5.41 Å². The molecule has 0 bridgehead atoms. The molecule has 0 saturated carbocycles. The predicted octanol–water partition coefficient (Wildman–Crippen LogP) is 16.6. The average Bonchev–Trinajstić information content (AvgIpc) is 3.80. The molecule has 0 amide bonds. The van der Waals surface area contributed by atoms with Crippen LogP contribution in [0.15, 0.2) is 235 Å². The van der Waals surface area contributed by atoms with Gasteiger partial charge in [0.15, 0.2) is 0 Å². The van der Waals surface area contributed by atoms with Crippen molar-refractivity contribution < 1.29 is 4.42 Å². The number of allylic oxidation sites excluding steroid dienone is 6. The second kappa shape index (κ2) is 15.7. The Kier molecular flexibility index (Phi) is 9.51. The van der Waals surface area contributed by atoms with Crippen molar-refractivity contribution in [2.24, 2.45) is 0 Å². The summed E-state index contributed by atoms with van der Waals surface area (Å²) in [6.45, 7) is 8.80. The molecular weight excluding hydrogens is 763 g/mol. The van der Waals surface area contributed by atoms with Gasteiger partial charge < -0.3 is 9.32 Å². The van der Waals surface area contributed by atoms with Gasteiger partial charge in [0.2, 0.25) is 0 Å². The molecule has 1 unspecified atom stereocenters. The molecule has 302 valence electrons. The Balaban J connectivity index is 1.02. The van der Waals surface area contributed by atoms with Crippen LogP contribution in [0.5, 0.6) is 0 Å². The van der Waals surface area contributed by atoms with Crippen LogP contribution in [0.4, 0.5) is 5.69 Å². The molecule has 2 nitrogen and oxygen atoms in total. The number of fused-ring (bicyclic) bond motifs is 7. The molecular formula is C61H47NO. The first-order valence-electron chi connectivity index (χ1n) is 22.0. The van der Waals surface area contributed by atoms with Gasteiger partial charge in [-0.2, -0.15) is 0 Å². The van der Waals surface area contributed by atoms with Gasteiger partial charge in [0.25, 0.3) is 0 Å². The first kappa shape index (κ1) is 38.3. The second-order valence-corrected chi connectivity index (χ2v) is 17.3. The summed E-state index contributed by atoms with van der Waals surface area (Å²) in [6, 6.07) is 63.8. The Hall–Kier alpha value is -7.68. The van der Waals surface area contributed by atoms with Crippen LogP contribution in [0.2, 0.25) is 0 Å². The van der Waals surface area contributed by atoms with Crippen molar-refractivity contribution in [3.8, 4) is 33.4 Å². The largest absolute Gasteiger partial charge is 0.456 e. The Morgan fingerprint density at radius 2 is 1.30 bits per heavy atom. The van der Waals surface area contributed by atoms with Gasteiger partial charge in [0, 0.05) is 39.2 Å². The van der Waals surface area contributed by atoms with Crippen LogP contribution in [0.1, 0.15) is 48.4 Å². The molecule has 11 rings (SSSR count). The summed E-state index contributed by atoms with van der Waals surface area (Å²) in [7, 11) is 0. The molecule has 2 aliphatic rings. The molecule has 2 heteroatoms. The molecule has 63 heavy (non-hydrogen) atoms. The molecule has 9 aromatic rings. The first-order valence-corrected chi connectivity index (χ1v) is 22.0. The van der Waals surface area contributed by atoms with E-state index in [1.165, 1.54) is 60.8 Å². The van der Waals surface area contributed by atoms with Gasteiger partial charge >= 0.3 is 0 Å². The third kappa shape index (κ3) is 6.85. The van der Waals surface area contributed by atoms with Crippen molar-refractivity contribution in [3.63, 3.8) is 0 Å². The van der Waals surface area contributed by atoms with E-state index in [0.29, 0.717) is 0 Å². The molecule has 0 saturated heterocycles. The van der Waals surface area contributed by atoms with Crippen LogP contribution in [0.3, 0.4) is 0 Å². The number of hydrogen-bond acceptors (Lipinski definition) is 2. The Labute approximate surface area is 369 Å². The van der Waals surface area contributed by atoms with E-state index in [4.69, 9.17) is 4.42 Å². The first-order chi connectivity index (χ1) is 30.9. The van der Waals surface area contributed by atoms with E-state index in [-0.39, 0.29) is 11.3 Å². The molecule has 0 fully saturated rings. The maximum absolute atomic E-state index is 6.42. The highest BCUT2D eigenvalue weighted by atomic mass is 16.3. The number of nitrogens with zero attached hydrogens (tertiary/aromatic N) is 1. The molecule has 0 radical (unpaired) electrons. The molecule has 0 spiro atoms. The van der Waals surface area contributed by atoms with Crippen LogP contribution in [0, 0.1) is 0 Å². The van der Waals surface area contributed by atoms with E-state index in [0.717, 1.165) is 51.0 Å². The van der Waals surface area contributed by atoms with Crippen molar-refractivity contribution in [1.82, 2.24) is 0 Å². The highest BCUT2D eigenvalue weighted by Gasteiger charge is 2.36. The van der Waals surface area contributed by atoms with Crippen molar-refractivity contribution in [3.05, 3.63) is 253 Å². The minimum absolute atomic E-state index is 0.143. The van der Waals surface area contributed by atoms with Gasteiger partial charge in [-0.05, 0) is 134 Å². The summed E-state index contributed by atoms with van der Waals surface area (Å²) in [6.07, 6.45) is 16.4. The molecule has 1 heterocycles. The van der Waals surface area contributed by atoms with Crippen molar-refractivity contribution in [2.75, 3.05) is 4.90 Å². The minimum atomic E-state index is -0.143. The predicted molar refractivity (Wildman–Crippen MR) is 267 cm³/mol. The fourth-order valence-electron chi connectivity index (χ4n) is 9.91. The van der Waals surface area contributed by atoms with Crippen LogP contribution < -0.4 is 4.90 Å². The number of hydrogen-bond donors (Lipinski definition) is 0. The molecule has 2 aliphatic carbocycles. The van der Waals surface area contributed by atoms with E-state index >= 15 is 0 Å². The third-order valence-corrected chi connectivity index (χ3v) is 13.1. The Morgan fingerprint density at radius 1 is 0.619 bits per heavy atom. The zero-order valence-corrected chi connectivity index (χ0v) is 35.6. The number of rotatable bonds is 9. The molecule has 1 atom stereocenters. The topological polar surface area (TPSA) is 16.4 Å². The SMILES string of the molecule is C=C/C=C\C(=C\c1ccc2oc3cc4ccccc4cc3c2c1)N(C1=CCC(c2ccc(-c3ccccc3)c(-c3ccccc3)c2)C=C1)c1ccc2c(c1)C(C)(C)c1ccccc1-2. The van der Waals surface area contributed by atoms with Gasteiger partial charge in [-0.1, -0.05) is 178 Å². The maximum Gasteiger partial charge on any atom is 0.136 e. The highest BCUT2D eigenvalue weighted by molar-refractivity contribution is 6.10. The van der Waals surface area contributed by atoms with Crippen molar-refractivity contribution in [2.45, 2.75) is 31.6 Å². The fraction of sp³-hybridized carbons (Fsp3) is 0.0820. The zero-order chi connectivity index (χ0) is 42.5. The summed E-state index contributed by atoms with van der Waals surface area (Å²) in [4.78, 5) is 2.42. The maximum atomic E-state index is 6.42. The third-order valence-electron chi connectivity index (χ3n) is 13.1. The van der Waals surface area contributed by atoms with E-state index in [1.807, 2.05) is 12.2 Å². The van der Waals surface area contributed by atoms with Crippen LogP contribution in [0.25, 0.3) is 72.2 Å². The lowest BCUT2D eigenvalue weighted by molar-refractivity contribution is 0.660. The van der Waals surface area contributed by atoms with Gasteiger partial charge in [-0.3, -0.25) is 0 Å². The summed E-state index contributed by atoms with van der Waals surface area (Å²) in [5.74, 6) is 0.223. The van der Waals surface area contributed by atoms with Gasteiger partial charge in [0.05, 0.1) is 0 Å². The van der Waals surface area contributed by atoms with Gasteiger partial charge in [0.1, 0.15) is 11.2 Å². The zero-order valence-electron chi connectivity index (χ0n) is 35.6. The summed E-state index contributed by atoms with van der Waals surface area (Å²) < 4.78 is 6.42. The molecule has 1 aromatic heterocycles. The van der Waals surface area contributed by atoms with Crippen LogP contribution >= 0.6 is 0 Å². The second-order valence-electron chi connectivity index (χ2n) is 17.3. The minimum Gasteiger partial charge on any atom is -0.456 e. The summed E-state index contributed by atoms with van der Waals surface area (Å²) >= 11 is 0.